The molecule has 0 amide bonds. The fraction of sp³-hybridized carbons (Fsp3) is 0.600. The largest absolute Gasteiger partial charge is 0.488 e. The van der Waals surface area contributed by atoms with Gasteiger partial charge in [0.15, 0.2) is 0 Å². The van der Waals surface area contributed by atoms with Crippen molar-refractivity contribution in [3.05, 3.63) is 30.1 Å². The van der Waals surface area contributed by atoms with Crippen molar-refractivity contribution >= 4 is 0 Å². The summed E-state index contributed by atoms with van der Waals surface area (Å²) in [6.07, 6.45) is 1.91. The van der Waals surface area contributed by atoms with Crippen LogP contribution in [0.5, 0.6) is 5.75 Å². The zero-order valence-corrected chi connectivity index (χ0v) is 11.7. The molecule has 0 aliphatic heterocycles. The van der Waals surface area contributed by atoms with Crippen molar-refractivity contribution in [2.45, 2.75) is 37.5 Å². The van der Waals surface area contributed by atoms with Gasteiger partial charge in [-0.3, -0.25) is 0 Å². The maximum absolute atomic E-state index is 12.9. The lowest BCUT2D eigenvalue weighted by atomic mass is 9.90. The highest BCUT2D eigenvalue weighted by atomic mass is 19.1. The molecule has 2 rings (SSSR count). The zero-order chi connectivity index (χ0) is 14.4. The third-order valence-corrected chi connectivity index (χ3v) is 3.61. The molecule has 5 heteroatoms. The number of aliphatic hydroxyl groups excluding tert-OH is 1. The van der Waals surface area contributed by atoms with Crippen LogP contribution in [-0.4, -0.2) is 43.6 Å². The summed E-state index contributed by atoms with van der Waals surface area (Å²) in [5.41, 5.74) is 0. The molecule has 1 fully saturated rings. The Labute approximate surface area is 118 Å². The van der Waals surface area contributed by atoms with Crippen LogP contribution >= 0.6 is 0 Å². The van der Waals surface area contributed by atoms with Crippen molar-refractivity contribution in [1.29, 1.82) is 0 Å². The number of methoxy groups -OCH3 is 1. The van der Waals surface area contributed by atoms with Gasteiger partial charge in [0.2, 0.25) is 0 Å². The minimum Gasteiger partial charge on any atom is -0.488 e. The molecule has 20 heavy (non-hydrogen) atoms. The fourth-order valence-electron chi connectivity index (χ4n) is 2.53. The van der Waals surface area contributed by atoms with Crippen LogP contribution < -0.4 is 10.1 Å². The third kappa shape index (κ3) is 4.16. The molecule has 0 radical (unpaired) electrons. The van der Waals surface area contributed by atoms with E-state index >= 15 is 0 Å². The van der Waals surface area contributed by atoms with Crippen molar-refractivity contribution in [3.63, 3.8) is 0 Å². The third-order valence-electron chi connectivity index (χ3n) is 3.61. The Hall–Kier alpha value is -1.17. The average molecular weight is 283 g/mol. The van der Waals surface area contributed by atoms with Crippen LogP contribution in [0, 0.1) is 5.82 Å². The van der Waals surface area contributed by atoms with E-state index in [-0.39, 0.29) is 18.0 Å². The Bertz CT molecular complexity index is 399. The first kappa shape index (κ1) is 15.2. The molecular formula is C15H22FNO3. The van der Waals surface area contributed by atoms with Gasteiger partial charge in [0.1, 0.15) is 23.8 Å². The monoisotopic (exact) mass is 283 g/mol. The molecule has 0 spiro atoms. The smallest absolute Gasteiger partial charge is 0.126 e. The van der Waals surface area contributed by atoms with Crippen molar-refractivity contribution < 1.29 is 19.0 Å². The molecule has 1 aliphatic rings. The molecule has 0 saturated heterocycles. The number of hydrogen-bond acceptors (Lipinski definition) is 4. The molecule has 0 aromatic heterocycles. The van der Waals surface area contributed by atoms with E-state index in [4.69, 9.17) is 9.47 Å². The first-order valence-electron chi connectivity index (χ1n) is 7.03. The van der Waals surface area contributed by atoms with E-state index < -0.39 is 6.10 Å². The van der Waals surface area contributed by atoms with E-state index in [1.807, 2.05) is 0 Å². The average Bonchev–Trinajstić information content (AvgIpc) is 2.45. The lowest BCUT2D eigenvalue weighted by Crippen LogP contribution is -2.51. The second-order valence-corrected chi connectivity index (χ2v) is 5.09. The molecule has 1 aromatic carbocycles. The van der Waals surface area contributed by atoms with E-state index in [2.05, 4.69) is 5.32 Å². The van der Waals surface area contributed by atoms with Crippen LogP contribution in [0.25, 0.3) is 0 Å². The predicted octanol–water partition coefficient (Wildman–Crippen LogP) is 1.72. The summed E-state index contributed by atoms with van der Waals surface area (Å²) in [7, 11) is 1.65. The molecule has 2 N–H and O–H groups in total. The Morgan fingerprint density at radius 3 is 2.75 bits per heavy atom. The van der Waals surface area contributed by atoms with Gasteiger partial charge in [-0.25, -0.2) is 4.39 Å². The Kier molecular flexibility index (Phi) is 5.76. The van der Waals surface area contributed by atoms with E-state index in [9.17, 15) is 9.50 Å². The molecule has 0 heterocycles. The fourth-order valence-corrected chi connectivity index (χ4v) is 2.53. The second-order valence-electron chi connectivity index (χ2n) is 5.09. The standard InChI is InChI=1S/C15H22FNO3/c1-19-10-9-17-13-3-2-4-14(15(13)18)20-12-7-5-11(16)6-8-12/h5-8,13-15,17-18H,2-4,9-10H2,1H3/t13-,14+,15+/m0/s1. The first-order chi connectivity index (χ1) is 9.70. The zero-order valence-electron chi connectivity index (χ0n) is 11.7. The van der Waals surface area contributed by atoms with Gasteiger partial charge in [-0.05, 0) is 43.5 Å². The molecule has 0 unspecified atom stereocenters. The quantitative estimate of drug-likeness (QED) is 0.781. The Balaban J connectivity index is 1.88. The number of aliphatic hydroxyl groups is 1. The van der Waals surface area contributed by atoms with Crippen LogP contribution in [-0.2, 0) is 4.74 Å². The van der Waals surface area contributed by atoms with Gasteiger partial charge in [0.25, 0.3) is 0 Å². The predicted molar refractivity (Wildman–Crippen MR) is 74.3 cm³/mol. The molecule has 1 saturated carbocycles. The molecule has 1 aliphatic carbocycles. The van der Waals surface area contributed by atoms with Gasteiger partial charge >= 0.3 is 0 Å². The van der Waals surface area contributed by atoms with Crippen molar-refractivity contribution in [3.8, 4) is 5.75 Å². The van der Waals surface area contributed by atoms with Crippen LogP contribution in [0.3, 0.4) is 0 Å². The summed E-state index contributed by atoms with van der Waals surface area (Å²) >= 11 is 0. The molecule has 1 aromatic rings. The van der Waals surface area contributed by atoms with Gasteiger partial charge in [-0.1, -0.05) is 0 Å². The number of nitrogens with one attached hydrogen (secondary N) is 1. The second kappa shape index (κ2) is 7.57. The van der Waals surface area contributed by atoms with Gasteiger partial charge in [0, 0.05) is 19.7 Å². The van der Waals surface area contributed by atoms with Gasteiger partial charge in [-0.2, -0.15) is 0 Å². The summed E-state index contributed by atoms with van der Waals surface area (Å²) in [4.78, 5) is 0. The van der Waals surface area contributed by atoms with E-state index in [0.717, 1.165) is 19.3 Å². The van der Waals surface area contributed by atoms with Crippen LogP contribution in [0.2, 0.25) is 0 Å². The van der Waals surface area contributed by atoms with E-state index in [1.165, 1.54) is 12.1 Å². The van der Waals surface area contributed by atoms with Crippen LogP contribution in [0.1, 0.15) is 19.3 Å². The lowest BCUT2D eigenvalue weighted by molar-refractivity contribution is -0.0164. The highest BCUT2D eigenvalue weighted by Crippen LogP contribution is 2.24. The van der Waals surface area contributed by atoms with Crippen molar-refractivity contribution in [2.24, 2.45) is 0 Å². The van der Waals surface area contributed by atoms with Gasteiger partial charge < -0.3 is 19.9 Å². The molecule has 0 bridgehead atoms. The lowest BCUT2D eigenvalue weighted by Gasteiger charge is -2.35. The number of hydrogen-bond donors (Lipinski definition) is 2. The highest BCUT2D eigenvalue weighted by molar-refractivity contribution is 5.22. The van der Waals surface area contributed by atoms with Crippen molar-refractivity contribution in [2.75, 3.05) is 20.3 Å². The molecular weight excluding hydrogens is 261 g/mol. The summed E-state index contributed by atoms with van der Waals surface area (Å²) in [5.74, 6) is 0.300. The number of ether oxygens (including phenoxy) is 2. The summed E-state index contributed by atoms with van der Waals surface area (Å²) in [5, 5.41) is 13.6. The summed E-state index contributed by atoms with van der Waals surface area (Å²) < 4.78 is 23.6. The van der Waals surface area contributed by atoms with E-state index in [1.54, 1.807) is 19.2 Å². The van der Waals surface area contributed by atoms with Crippen LogP contribution in [0.15, 0.2) is 24.3 Å². The topological polar surface area (TPSA) is 50.7 Å². The first-order valence-corrected chi connectivity index (χ1v) is 7.03. The Morgan fingerprint density at radius 1 is 1.30 bits per heavy atom. The minimum atomic E-state index is -0.564. The summed E-state index contributed by atoms with van der Waals surface area (Å²) in [6, 6.07) is 5.91. The maximum atomic E-state index is 12.9. The summed E-state index contributed by atoms with van der Waals surface area (Å²) in [6.45, 7) is 1.33. The maximum Gasteiger partial charge on any atom is 0.126 e. The van der Waals surface area contributed by atoms with E-state index in [0.29, 0.717) is 18.9 Å². The van der Waals surface area contributed by atoms with Crippen LogP contribution in [0.4, 0.5) is 4.39 Å². The normalized spacial score (nSPS) is 26.4. The number of halogens is 1. The Morgan fingerprint density at radius 2 is 2.05 bits per heavy atom. The SMILES string of the molecule is COCCN[C@H]1CCC[C@@H](Oc2ccc(F)cc2)[C@@H]1O. The molecule has 3 atom stereocenters. The number of rotatable bonds is 6. The highest BCUT2D eigenvalue weighted by Gasteiger charge is 2.32. The molecule has 112 valence electrons. The van der Waals surface area contributed by atoms with Gasteiger partial charge in [0.05, 0.1) is 6.61 Å². The number of benzene rings is 1. The minimum absolute atomic E-state index is 0.0179. The van der Waals surface area contributed by atoms with Gasteiger partial charge in [-0.15, -0.1) is 0 Å². The molecule has 4 nitrogen and oxygen atoms in total. The van der Waals surface area contributed by atoms with Crippen molar-refractivity contribution in [1.82, 2.24) is 5.32 Å².